The van der Waals surface area contributed by atoms with Crippen LogP contribution in [0.5, 0.6) is 0 Å². The van der Waals surface area contributed by atoms with E-state index in [2.05, 4.69) is 47.1 Å². The molecule has 5 heteroatoms. The summed E-state index contributed by atoms with van der Waals surface area (Å²) in [6.07, 6.45) is 4.68. The van der Waals surface area contributed by atoms with E-state index in [-0.39, 0.29) is 17.5 Å². The molecule has 0 aliphatic carbocycles. The molecule has 1 aromatic rings. The second-order valence-electron chi connectivity index (χ2n) is 7.84. The summed E-state index contributed by atoms with van der Waals surface area (Å²) in [4.78, 5) is 12.3. The molecule has 1 aromatic carbocycles. The zero-order valence-electron chi connectivity index (χ0n) is 15.9. The number of nitrogens with one attached hydrogen (secondary N) is 3. The minimum Gasteiger partial charge on any atom is -0.381 e. The third-order valence-electron chi connectivity index (χ3n) is 5.84. The molecule has 0 spiro atoms. The molecular formula is C21H33N3O2. The topological polar surface area (TPSA) is 62.4 Å². The molecule has 2 saturated heterocycles. The van der Waals surface area contributed by atoms with Crippen molar-refractivity contribution >= 4 is 5.91 Å². The third kappa shape index (κ3) is 5.53. The van der Waals surface area contributed by atoms with Crippen LogP contribution in [0.3, 0.4) is 0 Å². The minimum atomic E-state index is -0.0852. The predicted octanol–water partition coefficient (Wildman–Crippen LogP) is 2.39. The third-order valence-corrected chi connectivity index (χ3v) is 5.84. The molecule has 0 bridgehead atoms. The van der Waals surface area contributed by atoms with E-state index in [1.165, 1.54) is 12.0 Å². The van der Waals surface area contributed by atoms with Crippen LogP contribution in [0.1, 0.15) is 50.6 Å². The van der Waals surface area contributed by atoms with Crippen molar-refractivity contribution in [3.8, 4) is 0 Å². The largest absolute Gasteiger partial charge is 0.381 e. The van der Waals surface area contributed by atoms with E-state index in [1.807, 2.05) is 6.07 Å². The van der Waals surface area contributed by atoms with Gasteiger partial charge in [0, 0.05) is 37.8 Å². The standard InChI is InChI=1S/C21H33N3O2/c1-17(19-5-3-2-4-6-19)24-21(10-13-26-14-11-21)16-23-20(25)8-7-18-9-12-22-15-18/h2-6,17-18,22,24H,7-16H2,1H3,(H,23,25). The summed E-state index contributed by atoms with van der Waals surface area (Å²) in [5.41, 5.74) is 1.19. The zero-order valence-corrected chi connectivity index (χ0v) is 15.9. The second-order valence-corrected chi connectivity index (χ2v) is 7.84. The molecule has 3 rings (SSSR count). The first-order valence-corrected chi connectivity index (χ1v) is 10.0. The first kappa shape index (κ1) is 19.3. The van der Waals surface area contributed by atoms with E-state index < -0.39 is 0 Å². The molecule has 26 heavy (non-hydrogen) atoms. The van der Waals surface area contributed by atoms with E-state index >= 15 is 0 Å². The molecule has 2 aliphatic heterocycles. The number of carbonyl (C=O) groups excluding carboxylic acids is 1. The van der Waals surface area contributed by atoms with E-state index in [9.17, 15) is 4.79 Å². The van der Waals surface area contributed by atoms with Crippen LogP contribution in [-0.4, -0.2) is 44.3 Å². The van der Waals surface area contributed by atoms with E-state index in [4.69, 9.17) is 4.74 Å². The molecular weight excluding hydrogens is 326 g/mol. The van der Waals surface area contributed by atoms with Crippen molar-refractivity contribution in [2.45, 2.75) is 50.6 Å². The maximum atomic E-state index is 12.3. The quantitative estimate of drug-likeness (QED) is 0.667. The van der Waals surface area contributed by atoms with Gasteiger partial charge in [-0.1, -0.05) is 30.3 Å². The molecule has 3 N–H and O–H groups in total. The van der Waals surface area contributed by atoms with Gasteiger partial charge in [0.25, 0.3) is 0 Å². The first-order chi connectivity index (χ1) is 12.7. The fraction of sp³-hybridized carbons (Fsp3) is 0.667. The van der Waals surface area contributed by atoms with E-state index in [0.717, 1.165) is 45.6 Å². The summed E-state index contributed by atoms with van der Waals surface area (Å²) in [5, 5.41) is 10.4. The van der Waals surface area contributed by atoms with Crippen LogP contribution < -0.4 is 16.0 Å². The molecule has 0 aromatic heterocycles. The predicted molar refractivity (Wildman–Crippen MR) is 104 cm³/mol. The van der Waals surface area contributed by atoms with Gasteiger partial charge in [-0.15, -0.1) is 0 Å². The van der Waals surface area contributed by atoms with Crippen molar-refractivity contribution in [3.63, 3.8) is 0 Å². The Morgan fingerprint density at radius 1 is 1.31 bits per heavy atom. The Labute approximate surface area is 157 Å². The Kier molecular flexibility index (Phi) is 7.06. The van der Waals surface area contributed by atoms with Crippen molar-refractivity contribution < 1.29 is 9.53 Å². The average molecular weight is 360 g/mol. The molecule has 2 fully saturated rings. The average Bonchev–Trinajstić information content (AvgIpc) is 3.20. The highest BCUT2D eigenvalue weighted by atomic mass is 16.5. The molecule has 2 atom stereocenters. The van der Waals surface area contributed by atoms with Gasteiger partial charge in [0.1, 0.15) is 0 Å². The van der Waals surface area contributed by atoms with Gasteiger partial charge in [0.05, 0.1) is 0 Å². The van der Waals surface area contributed by atoms with Crippen molar-refractivity contribution in [3.05, 3.63) is 35.9 Å². The zero-order chi connectivity index (χ0) is 18.2. The van der Waals surface area contributed by atoms with Crippen LogP contribution in [0.4, 0.5) is 0 Å². The van der Waals surface area contributed by atoms with Gasteiger partial charge in [-0.05, 0) is 57.2 Å². The Bertz CT molecular complexity index is 552. The molecule has 5 nitrogen and oxygen atoms in total. The fourth-order valence-electron chi connectivity index (χ4n) is 4.07. The van der Waals surface area contributed by atoms with Gasteiger partial charge in [-0.25, -0.2) is 0 Å². The SMILES string of the molecule is CC(NC1(CNC(=O)CCC2CCNC2)CCOCC1)c1ccccc1. The van der Waals surface area contributed by atoms with E-state index in [1.54, 1.807) is 0 Å². The summed E-state index contributed by atoms with van der Waals surface area (Å²) < 4.78 is 5.57. The Hall–Kier alpha value is -1.43. The van der Waals surface area contributed by atoms with Crippen molar-refractivity contribution in [2.24, 2.45) is 5.92 Å². The molecule has 2 unspecified atom stereocenters. The number of amides is 1. The normalized spacial score (nSPS) is 23.5. The number of rotatable bonds is 8. The van der Waals surface area contributed by atoms with Crippen LogP contribution in [0.2, 0.25) is 0 Å². The Balaban J connectivity index is 1.52. The maximum Gasteiger partial charge on any atom is 0.220 e. The van der Waals surface area contributed by atoms with Gasteiger partial charge in [0.2, 0.25) is 5.91 Å². The molecule has 2 heterocycles. The highest BCUT2D eigenvalue weighted by Gasteiger charge is 2.34. The van der Waals surface area contributed by atoms with Crippen LogP contribution in [0.25, 0.3) is 0 Å². The number of ether oxygens (including phenoxy) is 1. The molecule has 1 amide bonds. The van der Waals surface area contributed by atoms with Crippen LogP contribution in [-0.2, 0) is 9.53 Å². The number of benzene rings is 1. The van der Waals surface area contributed by atoms with Crippen LogP contribution in [0, 0.1) is 5.92 Å². The lowest BCUT2D eigenvalue weighted by Gasteiger charge is -2.40. The minimum absolute atomic E-state index is 0.0852. The van der Waals surface area contributed by atoms with Gasteiger partial charge in [-0.3, -0.25) is 4.79 Å². The summed E-state index contributed by atoms with van der Waals surface area (Å²) in [7, 11) is 0. The lowest BCUT2D eigenvalue weighted by Crippen LogP contribution is -2.57. The summed E-state index contributed by atoms with van der Waals surface area (Å²) in [5.74, 6) is 0.839. The Morgan fingerprint density at radius 2 is 2.08 bits per heavy atom. The van der Waals surface area contributed by atoms with Gasteiger partial charge >= 0.3 is 0 Å². The summed E-state index contributed by atoms with van der Waals surface area (Å²) >= 11 is 0. The highest BCUT2D eigenvalue weighted by Crippen LogP contribution is 2.25. The first-order valence-electron chi connectivity index (χ1n) is 10.0. The summed E-state index contributed by atoms with van der Waals surface area (Å²) in [6, 6.07) is 10.7. The summed E-state index contributed by atoms with van der Waals surface area (Å²) in [6.45, 7) is 6.52. The van der Waals surface area contributed by atoms with Gasteiger partial charge in [0.15, 0.2) is 0 Å². The van der Waals surface area contributed by atoms with E-state index in [0.29, 0.717) is 18.9 Å². The number of carbonyl (C=O) groups is 1. The van der Waals surface area contributed by atoms with Crippen molar-refractivity contribution in [2.75, 3.05) is 32.8 Å². The van der Waals surface area contributed by atoms with Gasteiger partial charge < -0.3 is 20.7 Å². The monoisotopic (exact) mass is 359 g/mol. The molecule has 2 aliphatic rings. The van der Waals surface area contributed by atoms with Gasteiger partial charge in [-0.2, -0.15) is 0 Å². The molecule has 144 valence electrons. The number of hydrogen-bond donors (Lipinski definition) is 3. The second kappa shape index (κ2) is 9.49. The van der Waals surface area contributed by atoms with Crippen molar-refractivity contribution in [1.29, 1.82) is 0 Å². The smallest absolute Gasteiger partial charge is 0.220 e. The lowest BCUT2D eigenvalue weighted by atomic mass is 9.88. The molecule has 0 radical (unpaired) electrons. The maximum absolute atomic E-state index is 12.3. The van der Waals surface area contributed by atoms with Crippen LogP contribution in [0.15, 0.2) is 30.3 Å². The molecule has 0 saturated carbocycles. The number of hydrogen-bond acceptors (Lipinski definition) is 4. The van der Waals surface area contributed by atoms with Crippen LogP contribution >= 0.6 is 0 Å². The lowest BCUT2D eigenvalue weighted by molar-refractivity contribution is -0.122. The fourth-order valence-corrected chi connectivity index (χ4v) is 4.07. The van der Waals surface area contributed by atoms with Crippen molar-refractivity contribution in [1.82, 2.24) is 16.0 Å². The Morgan fingerprint density at radius 3 is 2.77 bits per heavy atom. The highest BCUT2D eigenvalue weighted by molar-refractivity contribution is 5.75.